The number of aryl methyl sites for hydroxylation is 2. The summed E-state index contributed by atoms with van der Waals surface area (Å²) in [6.07, 6.45) is 2.38. The van der Waals surface area contributed by atoms with Crippen LogP contribution in [-0.2, 0) is 6.67 Å². The van der Waals surface area contributed by atoms with E-state index >= 15 is 0 Å². The van der Waals surface area contributed by atoms with Crippen molar-refractivity contribution >= 4 is 33.8 Å². The van der Waals surface area contributed by atoms with Gasteiger partial charge in [0.15, 0.2) is 11.7 Å². The maximum atomic E-state index is 5.82. The summed E-state index contributed by atoms with van der Waals surface area (Å²) in [5.41, 5.74) is 3.41. The lowest BCUT2D eigenvalue weighted by atomic mass is 10.2. The first-order valence-electron chi connectivity index (χ1n) is 10.0. The number of hydrogen-bond acceptors (Lipinski definition) is 4. The van der Waals surface area contributed by atoms with Crippen LogP contribution in [0.2, 0.25) is 0 Å². The molecule has 4 aromatic rings. The van der Waals surface area contributed by atoms with E-state index in [0.717, 1.165) is 35.0 Å². The molecule has 1 N–H and O–H groups in total. The number of aromatic nitrogens is 4. The number of benzene rings is 2. The van der Waals surface area contributed by atoms with E-state index in [0.29, 0.717) is 6.04 Å². The highest BCUT2D eigenvalue weighted by molar-refractivity contribution is 7.71. The number of thiazole rings is 1. The van der Waals surface area contributed by atoms with Crippen molar-refractivity contribution in [2.24, 2.45) is 0 Å². The Kier molecular flexibility index (Phi) is 4.81. The molecule has 0 bridgehead atoms. The maximum Gasteiger partial charge on any atom is 0.207 e. The van der Waals surface area contributed by atoms with Gasteiger partial charge in [-0.2, -0.15) is 9.78 Å². The smallest absolute Gasteiger partial charge is 0.207 e. The molecule has 1 fully saturated rings. The zero-order chi connectivity index (χ0) is 20.0. The molecule has 29 heavy (non-hydrogen) atoms. The number of para-hydroxylation sites is 1. The normalized spacial score (nSPS) is 19.2. The third-order valence-corrected chi connectivity index (χ3v) is 7.25. The van der Waals surface area contributed by atoms with Gasteiger partial charge in [-0.1, -0.05) is 24.3 Å². The Morgan fingerprint density at radius 1 is 1.17 bits per heavy atom. The van der Waals surface area contributed by atoms with Crippen LogP contribution in [-0.4, -0.2) is 25.9 Å². The van der Waals surface area contributed by atoms with E-state index in [1.807, 2.05) is 22.9 Å². The number of hydrogen-bond donors (Lipinski definition) is 1. The Morgan fingerprint density at radius 3 is 2.86 bits per heavy atom. The summed E-state index contributed by atoms with van der Waals surface area (Å²) in [7, 11) is 0. The van der Waals surface area contributed by atoms with E-state index < -0.39 is 0 Å². The molecule has 1 aliphatic rings. The average Bonchev–Trinajstić information content (AvgIpc) is 3.39. The molecule has 7 heteroatoms. The lowest BCUT2D eigenvalue weighted by Crippen LogP contribution is -3.09. The second-order valence-corrected chi connectivity index (χ2v) is 9.21. The molecule has 5 rings (SSSR count). The molecular weight excluding hydrogens is 398 g/mol. The van der Waals surface area contributed by atoms with E-state index in [-0.39, 0.29) is 0 Å². The first kappa shape index (κ1) is 18.7. The summed E-state index contributed by atoms with van der Waals surface area (Å²) in [6.45, 7) is 6.03. The van der Waals surface area contributed by atoms with Crippen molar-refractivity contribution in [1.29, 1.82) is 0 Å². The minimum atomic E-state index is 0.415. The van der Waals surface area contributed by atoms with Crippen LogP contribution in [0.1, 0.15) is 35.3 Å². The Hall–Kier alpha value is -2.35. The van der Waals surface area contributed by atoms with Crippen molar-refractivity contribution in [3.8, 4) is 5.69 Å². The van der Waals surface area contributed by atoms with Crippen LogP contribution in [0.4, 0.5) is 0 Å². The van der Waals surface area contributed by atoms with E-state index in [4.69, 9.17) is 22.3 Å². The van der Waals surface area contributed by atoms with E-state index in [9.17, 15) is 0 Å². The zero-order valence-corrected chi connectivity index (χ0v) is 18.3. The van der Waals surface area contributed by atoms with Gasteiger partial charge in [-0.15, -0.1) is 11.3 Å². The van der Waals surface area contributed by atoms with Crippen molar-refractivity contribution in [2.45, 2.75) is 39.4 Å². The fourth-order valence-corrected chi connectivity index (χ4v) is 5.82. The molecule has 0 saturated carbocycles. The lowest BCUT2D eigenvalue weighted by Gasteiger charge is -2.19. The van der Waals surface area contributed by atoms with E-state index in [1.54, 1.807) is 0 Å². The van der Waals surface area contributed by atoms with Gasteiger partial charge in [-0.25, -0.2) is 4.98 Å². The van der Waals surface area contributed by atoms with Crippen molar-refractivity contribution in [2.75, 3.05) is 6.54 Å². The van der Waals surface area contributed by atoms with Crippen molar-refractivity contribution in [3.05, 3.63) is 69.7 Å². The third-order valence-electron chi connectivity index (χ3n) is 5.71. The van der Waals surface area contributed by atoms with Crippen LogP contribution in [0.3, 0.4) is 0 Å². The highest BCUT2D eigenvalue weighted by atomic mass is 32.1. The van der Waals surface area contributed by atoms with Crippen LogP contribution in [0, 0.1) is 18.6 Å². The van der Waals surface area contributed by atoms with Crippen LogP contribution >= 0.6 is 23.6 Å². The number of likely N-dealkylation sites (tertiary alicyclic amines) is 1. The van der Waals surface area contributed by atoms with Crippen LogP contribution in [0.5, 0.6) is 0 Å². The van der Waals surface area contributed by atoms with Crippen LogP contribution in [0.15, 0.2) is 48.5 Å². The molecule has 0 aliphatic carbocycles. The van der Waals surface area contributed by atoms with Gasteiger partial charge in [0.05, 0.1) is 16.8 Å². The quantitative estimate of drug-likeness (QED) is 0.505. The predicted octanol–water partition coefficient (Wildman–Crippen LogP) is 4.01. The molecule has 2 aromatic heterocycles. The minimum Gasteiger partial charge on any atom is -0.308 e. The summed E-state index contributed by atoms with van der Waals surface area (Å²) in [5, 5.41) is 6.02. The van der Waals surface area contributed by atoms with Crippen LogP contribution < -0.4 is 4.90 Å². The molecule has 0 radical (unpaired) electrons. The van der Waals surface area contributed by atoms with Gasteiger partial charge >= 0.3 is 0 Å². The molecule has 3 heterocycles. The van der Waals surface area contributed by atoms with Crippen molar-refractivity contribution < 1.29 is 4.90 Å². The first-order chi connectivity index (χ1) is 14.1. The van der Waals surface area contributed by atoms with E-state index in [1.165, 1.54) is 33.0 Å². The second kappa shape index (κ2) is 7.48. The largest absolute Gasteiger partial charge is 0.308 e. The molecule has 0 amide bonds. The molecule has 1 aliphatic heterocycles. The summed E-state index contributed by atoms with van der Waals surface area (Å²) in [6, 6.07) is 17.2. The average molecular weight is 423 g/mol. The van der Waals surface area contributed by atoms with E-state index in [2.05, 4.69) is 60.0 Å². The lowest BCUT2D eigenvalue weighted by molar-refractivity contribution is -0.941. The molecule has 0 spiro atoms. The fourth-order valence-electron chi connectivity index (χ4n) is 4.31. The number of nitrogens with one attached hydrogen (secondary N) is 1. The van der Waals surface area contributed by atoms with Crippen LogP contribution in [0.25, 0.3) is 15.9 Å². The minimum absolute atomic E-state index is 0.415. The fraction of sp³-hybridized carbons (Fsp3) is 0.318. The standard InChI is InChI=1S/C22H23N5S2/c1-15-7-5-8-17(13-15)27-16(2)24-26(22(27)28)14-25-12-6-10-19(25)21-23-18-9-3-4-11-20(18)29-21/h3-5,7-9,11,13,19H,6,10,12,14H2,1-2H3/p+1/t19-/m0/s1. The highest BCUT2D eigenvalue weighted by Crippen LogP contribution is 2.28. The van der Waals surface area contributed by atoms with Gasteiger partial charge in [0, 0.05) is 18.5 Å². The Labute approximate surface area is 179 Å². The molecule has 2 atom stereocenters. The summed E-state index contributed by atoms with van der Waals surface area (Å²) >= 11 is 7.64. The Balaban J connectivity index is 1.45. The van der Waals surface area contributed by atoms with Gasteiger partial charge in [0.25, 0.3) is 0 Å². The summed E-state index contributed by atoms with van der Waals surface area (Å²) in [4.78, 5) is 6.42. The SMILES string of the molecule is Cc1cccc(-n2c(C)nn(C[NH+]3CCC[C@H]3c3nc4ccccc4s3)c2=S)c1. The molecule has 148 valence electrons. The molecule has 1 saturated heterocycles. The topological polar surface area (TPSA) is 40.1 Å². The van der Waals surface area contributed by atoms with Gasteiger partial charge < -0.3 is 4.90 Å². The molecule has 2 aromatic carbocycles. The van der Waals surface area contributed by atoms with Crippen molar-refractivity contribution in [3.63, 3.8) is 0 Å². The van der Waals surface area contributed by atoms with Gasteiger partial charge in [0.1, 0.15) is 11.9 Å². The van der Waals surface area contributed by atoms with Gasteiger partial charge in [-0.3, -0.25) is 4.57 Å². The number of fused-ring (bicyclic) bond motifs is 1. The Morgan fingerprint density at radius 2 is 2.03 bits per heavy atom. The van der Waals surface area contributed by atoms with Crippen molar-refractivity contribution in [1.82, 2.24) is 19.3 Å². The molecule has 5 nitrogen and oxygen atoms in total. The zero-order valence-electron chi connectivity index (χ0n) is 16.6. The number of quaternary nitrogens is 1. The molecule has 1 unspecified atom stereocenters. The first-order valence-corrected chi connectivity index (χ1v) is 11.3. The number of rotatable bonds is 4. The highest BCUT2D eigenvalue weighted by Gasteiger charge is 2.33. The second-order valence-electron chi connectivity index (χ2n) is 7.78. The summed E-state index contributed by atoms with van der Waals surface area (Å²) < 4.78 is 6.10. The third kappa shape index (κ3) is 3.43. The monoisotopic (exact) mass is 422 g/mol. The summed E-state index contributed by atoms with van der Waals surface area (Å²) in [5.74, 6) is 0.927. The Bertz CT molecular complexity index is 1200. The molecular formula is C22H24N5S2+. The number of nitrogens with zero attached hydrogens (tertiary/aromatic N) is 4. The predicted molar refractivity (Wildman–Crippen MR) is 119 cm³/mol. The van der Waals surface area contributed by atoms with Gasteiger partial charge in [0.2, 0.25) is 4.77 Å². The van der Waals surface area contributed by atoms with Gasteiger partial charge in [-0.05, 0) is 55.9 Å². The maximum absolute atomic E-state index is 5.82.